The van der Waals surface area contributed by atoms with Crippen LogP contribution in [0.25, 0.3) is 0 Å². The molecule has 9 heavy (non-hydrogen) atoms. The molecule has 0 aliphatic carbocycles. The van der Waals surface area contributed by atoms with Crippen molar-refractivity contribution in [2.45, 2.75) is 13.1 Å². The van der Waals surface area contributed by atoms with Crippen molar-refractivity contribution in [2.75, 3.05) is 6.54 Å². The van der Waals surface area contributed by atoms with Gasteiger partial charge in [0.05, 0.1) is 6.42 Å². The maximum absolute atomic E-state index is 3.27. The second-order valence-electron chi connectivity index (χ2n) is 2.28. The molecule has 1 aromatic rings. The topological polar surface area (TPSA) is 31.7 Å². The molecule has 0 spiro atoms. The van der Waals surface area contributed by atoms with E-state index in [1.165, 1.54) is 5.82 Å². The number of aromatic nitrogens is 2. The number of imidazole rings is 1. The average molecular weight is 124 g/mol. The molecule has 3 nitrogen and oxygen atoms in total. The van der Waals surface area contributed by atoms with Crippen LogP contribution in [0.15, 0.2) is 12.4 Å². The van der Waals surface area contributed by atoms with E-state index < -0.39 is 0 Å². The molecule has 0 unspecified atom stereocenters. The van der Waals surface area contributed by atoms with E-state index in [0.717, 1.165) is 19.6 Å². The molecule has 1 aliphatic rings. The molecule has 2 rings (SSSR count). The van der Waals surface area contributed by atoms with Gasteiger partial charge in [0.15, 0.2) is 0 Å². The molecule has 1 aromatic heterocycles. The summed E-state index contributed by atoms with van der Waals surface area (Å²) in [7, 11) is 0. The quantitative estimate of drug-likeness (QED) is 0.445. The first-order chi connectivity index (χ1) is 4.47. The third-order valence-electron chi connectivity index (χ3n) is 1.67. The second-order valence-corrected chi connectivity index (χ2v) is 2.28. The summed E-state index contributed by atoms with van der Waals surface area (Å²) < 4.78 is 2.18. The maximum atomic E-state index is 3.27. The summed E-state index contributed by atoms with van der Waals surface area (Å²) in [6.45, 7) is 2.05. The van der Waals surface area contributed by atoms with Gasteiger partial charge in [-0.15, -0.1) is 0 Å². The van der Waals surface area contributed by atoms with Crippen LogP contribution in [0, 0.1) is 0 Å². The zero-order chi connectivity index (χ0) is 6.10. The Bertz CT molecular complexity index is 183. The summed E-state index contributed by atoms with van der Waals surface area (Å²) in [6, 6.07) is 0. The van der Waals surface area contributed by atoms with Crippen molar-refractivity contribution in [3.8, 4) is 0 Å². The number of fused-ring (bicyclic) bond motifs is 1. The Morgan fingerprint density at radius 1 is 1.56 bits per heavy atom. The molecular weight excluding hydrogens is 114 g/mol. The first kappa shape index (κ1) is 4.99. The third-order valence-corrected chi connectivity index (χ3v) is 1.67. The molecule has 0 aromatic carbocycles. The predicted molar refractivity (Wildman–Crippen MR) is 32.7 cm³/mol. The fourth-order valence-electron chi connectivity index (χ4n) is 1.17. The second kappa shape index (κ2) is 1.84. The highest BCUT2D eigenvalue weighted by atomic mass is 15.2. The van der Waals surface area contributed by atoms with Gasteiger partial charge < -0.3 is 0 Å². The van der Waals surface area contributed by atoms with Crippen molar-refractivity contribution >= 4 is 0 Å². The van der Waals surface area contributed by atoms with E-state index in [0.29, 0.717) is 0 Å². The van der Waals surface area contributed by atoms with Gasteiger partial charge in [-0.1, -0.05) is 0 Å². The molecule has 0 amide bonds. The van der Waals surface area contributed by atoms with Crippen LogP contribution in [0.1, 0.15) is 5.82 Å². The summed E-state index contributed by atoms with van der Waals surface area (Å²) in [5.74, 6) is 1.33. The smallest absolute Gasteiger partial charge is 0.256 e. The molecule has 2 N–H and O–H groups in total. The lowest BCUT2D eigenvalue weighted by Gasteiger charge is -2.07. The van der Waals surface area contributed by atoms with E-state index >= 15 is 0 Å². The zero-order valence-corrected chi connectivity index (χ0v) is 5.22. The molecule has 0 fully saturated rings. The number of nitrogens with zero attached hydrogens (tertiary/aromatic N) is 1. The molecule has 0 saturated carbocycles. The van der Waals surface area contributed by atoms with Gasteiger partial charge in [-0.2, -0.15) is 0 Å². The van der Waals surface area contributed by atoms with Crippen LogP contribution in [0.2, 0.25) is 0 Å². The minimum atomic E-state index is 0.957. The van der Waals surface area contributed by atoms with Gasteiger partial charge in [-0.05, 0) is 0 Å². The van der Waals surface area contributed by atoms with E-state index in [-0.39, 0.29) is 0 Å². The minimum Gasteiger partial charge on any atom is -0.281 e. The Balaban J connectivity index is 2.39. The van der Waals surface area contributed by atoms with Gasteiger partial charge in [-0.3, -0.25) is 5.32 Å². The largest absolute Gasteiger partial charge is 0.281 e. The van der Waals surface area contributed by atoms with Gasteiger partial charge >= 0.3 is 0 Å². The highest BCUT2D eigenvalue weighted by Crippen LogP contribution is 1.90. The van der Waals surface area contributed by atoms with E-state index in [2.05, 4.69) is 21.1 Å². The van der Waals surface area contributed by atoms with Crippen LogP contribution >= 0.6 is 0 Å². The Kier molecular flexibility index (Phi) is 1.02. The van der Waals surface area contributed by atoms with E-state index in [1.54, 1.807) is 0 Å². The van der Waals surface area contributed by atoms with Gasteiger partial charge in [0, 0.05) is 6.54 Å². The number of hydrogen-bond donors (Lipinski definition) is 2. The van der Waals surface area contributed by atoms with Crippen LogP contribution in [0.4, 0.5) is 0 Å². The average Bonchev–Trinajstić information content (AvgIpc) is 2.33. The minimum absolute atomic E-state index is 0.957. The van der Waals surface area contributed by atoms with Crippen molar-refractivity contribution in [1.29, 1.82) is 0 Å². The monoisotopic (exact) mass is 124 g/mol. The summed E-state index contributed by atoms with van der Waals surface area (Å²) in [4.78, 5) is 3.18. The molecular formula is C6H10N3+. The number of H-pyrrole nitrogens is 1. The Hall–Kier alpha value is -0.830. The van der Waals surface area contributed by atoms with Gasteiger partial charge in [0.25, 0.3) is 5.82 Å². The lowest BCUT2D eigenvalue weighted by molar-refractivity contribution is -0.712. The van der Waals surface area contributed by atoms with Crippen molar-refractivity contribution in [3.05, 3.63) is 18.2 Å². The van der Waals surface area contributed by atoms with Gasteiger partial charge in [-0.25, -0.2) is 9.55 Å². The summed E-state index contributed by atoms with van der Waals surface area (Å²) >= 11 is 0. The molecule has 0 saturated heterocycles. The van der Waals surface area contributed by atoms with E-state index in [1.807, 2.05) is 6.20 Å². The fourth-order valence-corrected chi connectivity index (χ4v) is 1.17. The zero-order valence-electron chi connectivity index (χ0n) is 5.22. The molecule has 1 aliphatic heterocycles. The summed E-state index contributed by atoms with van der Waals surface area (Å²) in [5, 5.41) is 3.27. The Morgan fingerprint density at radius 2 is 2.56 bits per heavy atom. The first-order valence-electron chi connectivity index (χ1n) is 3.23. The van der Waals surface area contributed by atoms with Gasteiger partial charge in [0.2, 0.25) is 0 Å². The Labute approximate surface area is 53.7 Å². The summed E-state index contributed by atoms with van der Waals surface area (Å²) in [5.41, 5.74) is 0. The molecule has 0 bridgehead atoms. The van der Waals surface area contributed by atoms with Crippen LogP contribution < -0.4 is 9.88 Å². The van der Waals surface area contributed by atoms with Crippen LogP contribution in [-0.2, 0) is 13.1 Å². The highest BCUT2D eigenvalue weighted by molar-refractivity contribution is 4.79. The van der Waals surface area contributed by atoms with Crippen LogP contribution in [0.3, 0.4) is 0 Å². The number of rotatable bonds is 0. The SMILES string of the molecule is c1c[n+]2c([nH]1)CCNC2. The van der Waals surface area contributed by atoms with Crippen molar-refractivity contribution in [1.82, 2.24) is 10.3 Å². The molecule has 3 heteroatoms. The maximum Gasteiger partial charge on any atom is 0.256 e. The number of nitrogens with one attached hydrogen (secondary N) is 2. The fraction of sp³-hybridized carbons (Fsp3) is 0.500. The molecule has 0 atom stereocenters. The van der Waals surface area contributed by atoms with Crippen molar-refractivity contribution in [3.63, 3.8) is 0 Å². The summed E-state index contributed by atoms with van der Waals surface area (Å²) in [6.07, 6.45) is 5.15. The lowest BCUT2D eigenvalue weighted by Crippen LogP contribution is -2.48. The standard InChI is InChI=1S/C6H9N3/c1-2-7-5-9-4-3-8-6(1)9/h3-4,7H,1-2,5H2/p+1. The van der Waals surface area contributed by atoms with Gasteiger partial charge in [0.1, 0.15) is 19.1 Å². The van der Waals surface area contributed by atoms with E-state index in [4.69, 9.17) is 0 Å². The normalized spacial score (nSPS) is 17.3. The number of aromatic amines is 1. The van der Waals surface area contributed by atoms with Crippen LogP contribution in [0.5, 0.6) is 0 Å². The lowest BCUT2D eigenvalue weighted by atomic mass is 10.3. The predicted octanol–water partition coefficient (Wildman–Crippen LogP) is -0.595. The van der Waals surface area contributed by atoms with Crippen molar-refractivity contribution < 1.29 is 4.57 Å². The Morgan fingerprint density at radius 3 is 3.44 bits per heavy atom. The third kappa shape index (κ3) is 0.733. The first-order valence-corrected chi connectivity index (χ1v) is 3.23. The molecule has 0 radical (unpaired) electrons. The van der Waals surface area contributed by atoms with Crippen LogP contribution in [-0.4, -0.2) is 11.5 Å². The highest BCUT2D eigenvalue weighted by Gasteiger charge is 2.13. The van der Waals surface area contributed by atoms with E-state index in [9.17, 15) is 0 Å². The molecule has 48 valence electrons. The van der Waals surface area contributed by atoms with Crippen molar-refractivity contribution in [2.24, 2.45) is 0 Å². The number of hydrogen-bond acceptors (Lipinski definition) is 1. The molecule has 2 heterocycles.